The van der Waals surface area contributed by atoms with Gasteiger partial charge in [-0.3, -0.25) is 9.59 Å². The van der Waals surface area contributed by atoms with Gasteiger partial charge < -0.3 is 19.7 Å². The zero-order chi connectivity index (χ0) is 22.9. The summed E-state index contributed by atoms with van der Waals surface area (Å²) in [4.78, 5) is 38.2. The van der Waals surface area contributed by atoms with E-state index < -0.39 is 6.16 Å². The summed E-state index contributed by atoms with van der Waals surface area (Å²) in [5, 5.41) is 3.10. The predicted octanol–water partition coefficient (Wildman–Crippen LogP) is 3.88. The number of rotatable bonds is 7. The molecule has 1 aliphatic rings. The highest BCUT2D eigenvalue weighted by Crippen LogP contribution is 2.18. The quantitative estimate of drug-likeness (QED) is 0.524. The van der Waals surface area contributed by atoms with E-state index in [0.717, 1.165) is 19.3 Å². The number of piperidine rings is 1. The number of benzene rings is 2. The Kier molecular flexibility index (Phi) is 8.25. The Bertz CT molecular complexity index is 934. The number of hydrogen-bond donors (Lipinski definition) is 1. The van der Waals surface area contributed by atoms with Crippen LogP contribution in [-0.4, -0.2) is 48.6 Å². The van der Waals surface area contributed by atoms with E-state index in [2.05, 4.69) is 11.4 Å². The Morgan fingerprint density at radius 3 is 2.44 bits per heavy atom. The third kappa shape index (κ3) is 6.83. The minimum Gasteiger partial charge on any atom is -0.434 e. The van der Waals surface area contributed by atoms with Gasteiger partial charge in [-0.25, -0.2) is 4.79 Å². The third-order valence-corrected chi connectivity index (χ3v) is 5.44. The van der Waals surface area contributed by atoms with Gasteiger partial charge in [-0.15, -0.1) is 0 Å². The molecule has 1 heterocycles. The molecule has 170 valence electrons. The Labute approximate surface area is 188 Å². The lowest BCUT2D eigenvalue weighted by atomic mass is 10.0. The van der Waals surface area contributed by atoms with Crippen molar-refractivity contribution < 1.29 is 23.9 Å². The number of nitrogens with one attached hydrogen (secondary N) is 1. The standard InChI is InChI=1S/C25H30N2O5/c1-3-31-25(30)32-22-10-8-20(9-11-22)24(29)27-15-13-21(14-16-27)26-23(28)12-7-19-6-4-5-18(2)17-19/h4-6,8-11,17,21H,3,7,12-16H2,1-2H3,(H,26,28). The van der Waals surface area contributed by atoms with Crippen LogP contribution in [0, 0.1) is 6.92 Å². The van der Waals surface area contributed by atoms with Crippen LogP contribution in [-0.2, 0) is 16.0 Å². The molecule has 0 saturated carbocycles. The van der Waals surface area contributed by atoms with Crippen molar-refractivity contribution in [1.82, 2.24) is 10.2 Å². The molecule has 1 saturated heterocycles. The summed E-state index contributed by atoms with van der Waals surface area (Å²) in [5.74, 6) is 0.303. The Balaban J connectivity index is 1.42. The van der Waals surface area contributed by atoms with Gasteiger partial charge in [0.05, 0.1) is 6.61 Å². The molecule has 0 bridgehead atoms. The van der Waals surface area contributed by atoms with E-state index in [-0.39, 0.29) is 24.5 Å². The summed E-state index contributed by atoms with van der Waals surface area (Å²) in [5.41, 5.74) is 2.89. The summed E-state index contributed by atoms with van der Waals surface area (Å²) in [6, 6.07) is 14.7. The van der Waals surface area contributed by atoms with Gasteiger partial charge >= 0.3 is 6.16 Å². The number of carbonyl (C=O) groups is 3. The maximum Gasteiger partial charge on any atom is 0.513 e. The summed E-state index contributed by atoms with van der Waals surface area (Å²) < 4.78 is 9.75. The van der Waals surface area contributed by atoms with E-state index in [4.69, 9.17) is 9.47 Å². The third-order valence-electron chi connectivity index (χ3n) is 5.44. The van der Waals surface area contributed by atoms with Crippen LogP contribution >= 0.6 is 0 Å². The minimum absolute atomic E-state index is 0.0495. The molecular weight excluding hydrogens is 408 g/mol. The zero-order valence-electron chi connectivity index (χ0n) is 18.6. The molecule has 1 aliphatic heterocycles. The van der Waals surface area contributed by atoms with Gasteiger partial charge in [0, 0.05) is 31.1 Å². The van der Waals surface area contributed by atoms with Gasteiger partial charge in [0.25, 0.3) is 5.91 Å². The Hall–Kier alpha value is -3.35. The first-order chi connectivity index (χ1) is 15.4. The van der Waals surface area contributed by atoms with Crippen LogP contribution < -0.4 is 10.1 Å². The van der Waals surface area contributed by atoms with E-state index in [0.29, 0.717) is 30.8 Å². The zero-order valence-corrected chi connectivity index (χ0v) is 18.6. The summed E-state index contributed by atoms with van der Waals surface area (Å²) in [7, 11) is 0. The van der Waals surface area contributed by atoms with E-state index >= 15 is 0 Å². The molecule has 0 unspecified atom stereocenters. The van der Waals surface area contributed by atoms with Crippen LogP contribution in [0.3, 0.4) is 0 Å². The monoisotopic (exact) mass is 438 g/mol. The van der Waals surface area contributed by atoms with Crippen molar-refractivity contribution in [2.45, 2.75) is 45.6 Å². The molecule has 2 amide bonds. The molecule has 0 spiro atoms. The lowest BCUT2D eigenvalue weighted by Crippen LogP contribution is -2.46. The van der Waals surface area contributed by atoms with Crippen LogP contribution in [0.5, 0.6) is 5.75 Å². The lowest BCUT2D eigenvalue weighted by molar-refractivity contribution is -0.122. The van der Waals surface area contributed by atoms with Crippen molar-refractivity contribution in [3.05, 3.63) is 65.2 Å². The van der Waals surface area contributed by atoms with Crippen LogP contribution in [0.4, 0.5) is 4.79 Å². The fraction of sp³-hybridized carbons (Fsp3) is 0.400. The number of aryl methyl sites for hydroxylation is 2. The second-order valence-electron chi connectivity index (χ2n) is 7.93. The van der Waals surface area contributed by atoms with Gasteiger partial charge in [0.2, 0.25) is 5.91 Å². The van der Waals surface area contributed by atoms with Crippen LogP contribution in [0.25, 0.3) is 0 Å². The topological polar surface area (TPSA) is 84.9 Å². The smallest absolute Gasteiger partial charge is 0.434 e. The van der Waals surface area contributed by atoms with Crippen molar-refractivity contribution in [2.24, 2.45) is 0 Å². The van der Waals surface area contributed by atoms with Gasteiger partial charge in [-0.1, -0.05) is 29.8 Å². The van der Waals surface area contributed by atoms with Crippen molar-refractivity contribution in [3.63, 3.8) is 0 Å². The van der Waals surface area contributed by atoms with Crippen molar-refractivity contribution >= 4 is 18.0 Å². The summed E-state index contributed by atoms with van der Waals surface area (Å²) >= 11 is 0. The number of nitrogens with zero attached hydrogens (tertiary/aromatic N) is 1. The molecule has 2 aromatic rings. The molecule has 0 aromatic heterocycles. The van der Waals surface area contributed by atoms with Gasteiger partial charge in [-0.05, 0) is 62.9 Å². The van der Waals surface area contributed by atoms with Crippen LogP contribution in [0.15, 0.2) is 48.5 Å². The second kappa shape index (κ2) is 11.3. The largest absolute Gasteiger partial charge is 0.513 e. The molecule has 1 fully saturated rings. The molecular formula is C25H30N2O5. The fourth-order valence-electron chi connectivity index (χ4n) is 3.74. The number of hydrogen-bond acceptors (Lipinski definition) is 5. The van der Waals surface area contributed by atoms with Crippen LogP contribution in [0.2, 0.25) is 0 Å². The average molecular weight is 439 g/mol. The molecule has 0 aliphatic carbocycles. The van der Waals surface area contributed by atoms with Gasteiger partial charge in [0.1, 0.15) is 5.75 Å². The van der Waals surface area contributed by atoms with E-state index in [1.165, 1.54) is 11.1 Å². The maximum atomic E-state index is 12.8. The molecule has 7 heteroatoms. The van der Waals surface area contributed by atoms with E-state index in [9.17, 15) is 14.4 Å². The average Bonchev–Trinajstić information content (AvgIpc) is 2.78. The Morgan fingerprint density at radius 1 is 1.06 bits per heavy atom. The van der Waals surface area contributed by atoms with Crippen molar-refractivity contribution in [3.8, 4) is 5.75 Å². The van der Waals surface area contributed by atoms with E-state index in [1.54, 1.807) is 36.1 Å². The second-order valence-corrected chi connectivity index (χ2v) is 7.93. The van der Waals surface area contributed by atoms with Crippen molar-refractivity contribution in [1.29, 1.82) is 0 Å². The SMILES string of the molecule is CCOC(=O)Oc1ccc(C(=O)N2CCC(NC(=O)CCc3cccc(C)c3)CC2)cc1. The van der Waals surface area contributed by atoms with Gasteiger partial charge in [-0.2, -0.15) is 0 Å². The van der Waals surface area contributed by atoms with Crippen LogP contribution in [0.1, 0.15) is 47.7 Å². The lowest BCUT2D eigenvalue weighted by Gasteiger charge is -2.32. The first-order valence-corrected chi connectivity index (χ1v) is 11.0. The highest BCUT2D eigenvalue weighted by molar-refractivity contribution is 5.94. The highest BCUT2D eigenvalue weighted by atomic mass is 16.7. The maximum absolute atomic E-state index is 12.8. The first kappa shape index (κ1) is 23.3. The van der Waals surface area contributed by atoms with Crippen molar-refractivity contribution in [2.75, 3.05) is 19.7 Å². The number of likely N-dealkylation sites (tertiary alicyclic amines) is 1. The highest BCUT2D eigenvalue weighted by Gasteiger charge is 2.24. The first-order valence-electron chi connectivity index (χ1n) is 11.0. The minimum atomic E-state index is -0.769. The molecule has 7 nitrogen and oxygen atoms in total. The van der Waals surface area contributed by atoms with E-state index in [1.807, 2.05) is 25.1 Å². The number of carbonyl (C=O) groups excluding carboxylic acids is 3. The molecule has 32 heavy (non-hydrogen) atoms. The molecule has 0 atom stereocenters. The Morgan fingerprint density at radius 2 is 1.78 bits per heavy atom. The van der Waals surface area contributed by atoms with Gasteiger partial charge in [0.15, 0.2) is 0 Å². The molecule has 1 N–H and O–H groups in total. The molecule has 3 rings (SSSR count). The molecule has 0 radical (unpaired) electrons. The number of ether oxygens (including phenoxy) is 2. The normalized spacial score (nSPS) is 14.0. The fourth-order valence-corrected chi connectivity index (χ4v) is 3.74. The summed E-state index contributed by atoms with van der Waals surface area (Å²) in [6.07, 6.45) is 1.87. The number of amides is 2. The molecule has 2 aromatic carbocycles. The summed E-state index contributed by atoms with van der Waals surface area (Å²) in [6.45, 7) is 5.15. The predicted molar refractivity (Wildman–Crippen MR) is 121 cm³/mol.